The molecular formula is C22H34O4. The largest absolute Gasteiger partial charge is 0.493 e. The first-order valence-electron chi connectivity index (χ1n) is 9.05. The van der Waals surface area contributed by atoms with Crippen molar-refractivity contribution in [3.63, 3.8) is 0 Å². The lowest BCUT2D eigenvalue weighted by atomic mass is 9.99. The lowest BCUT2D eigenvalue weighted by Gasteiger charge is -2.14. The van der Waals surface area contributed by atoms with Crippen LogP contribution in [0.5, 0.6) is 23.0 Å². The lowest BCUT2D eigenvalue weighted by Crippen LogP contribution is -1.98. The minimum absolute atomic E-state index is 0.732. The summed E-state index contributed by atoms with van der Waals surface area (Å²) in [5.41, 5.74) is 3.49. The highest BCUT2D eigenvalue weighted by atomic mass is 16.5. The molecule has 2 aromatic carbocycles. The molecule has 0 spiro atoms. The number of hydrogen-bond donors (Lipinski definition) is 0. The van der Waals surface area contributed by atoms with Crippen LogP contribution in [0.2, 0.25) is 0 Å². The highest BCUT2D eigenvalue weighted by Crippen LogP contribution is 2.33. The first-order chi connectivity index (χ1) is 12.6. The Hall–Kier alpha value is -2.36. The molecule has 0 N–H and O–H groups in total. The fourth-order valence-electron chi connectivity index (χ4n) is 2.42. The maximum atomic E-state index is 5.38. The van der Waals surface area contributed by atoms with Crippen molar-refractivity contribution in [2.24, 2.45) is 0 Å². The van der Waals surface area contributed by atoms with Gasteiger partial charge in [-0.3, -0.25) is 0 Å². The van der Waals surface area contributed by atoms with Crippen LogP contribution < -0.4 is 18.9 Å². The maximum absolute atomic E-state index is 5.38. The smallest absolute Gasteiger partial charge is 0.161 e. The molecule has 0 heterocycles. The van der Waals surface area contributed by atoms with E-state index in [4.69, 9.17) is 18.9 Å². The first kappa shape index (κ1) is 23.6. The highest BCUT2D eigenvalue weighted by molar-refractivity contribution is 5.50. The van der Waals surface area contributed by atoms with Crippen molar-refractivity contribution >= 4 is 0 Å². The van der Waals surface area contributed by atoms with Crippen LogP contribution in [0.25, 0.3) is 0 Å². The molecular weight excluding hydrogens is 328 g/mol. The van der Waals surface area contributed by atoms with E-state index >= 15 is 0 Å². The van der Waals surface area contributed by atoms with Crippen LogP contribution in [0.15, 0.2) is 30.3 Å². The van der Waals surface area contributed by atoms with Gasteiger partial charge in [0, 0.05) is 0 Å². The average Bonchev–Trinajstić information content (AvgIpc) is 2.71. The second-order valence-electron chi connectivity index (χ2n) is 5.00. The molecule has 0 saturated carbocycles. The Morgan fingerprint density at radius 1 is 0.615 bits per heavy atom. The molecule has 146 valence electrons. The molecule has 0 amide bonds. The van der Waals surface area contributed by atoms with E-state index in [-0.39, 0.29) is 0 Å². The van der Waals surface area contributed by atoms with Gasteiger partial charge in [0.1, 0.15) is 0 Å². The number of rotatable bonds is 6. The van der Waals surface area contributed by atoms with Gasteiger partial charge in [-0.05, 0) is 54.3 Å². The third-order valence-electron chi connectivity index (χ3n) is 3.68. The van der Waals surface area contributed by atoms with Crippen molar-refractivity contribution in [2.75, 3.05) is 28.4 Å². The Morgan fingerprint density at radius 2 is 1.08 bits per heavy atom. The van der Waals surface area contributed by atoms with Gasteiger partial charge in [0.15, 0.2) is 23.0 Å². The Morgan fingerprint density at radius 3 is 1.58 bits per heavy atom. The minimum atomic E-state index is 0.732. The van der Waals surface area contributed by atoms with Crippen LogP contribution in [-0.4, -0.2) is 28.4 Å². The van der Waals surface area contributed by atoms with E-state index in [1.54, 1.807) is 28.4 Å². The zero-order valence-corrected chi connectivity index (χ0v) is 17.7. The first-order valence-corrected chi connectivity index (χ1v) is 9.05. The summed E-state index contributed by atoms with van der Waals surface area (Å²) >= 11 is 0. The summed E-state index contributed by atoms with van der Waals surface area (Å²) in [6.45, 7) is 10.1. The zero-order chi connectivity index (χ0) is 20.1. The molecule has 0 aliphatic carbocycles. The number of ether oxygens (including phenoxy) is 4. The molecule has 0 atom stereocenters. The number of hydrogen-bond acceptors (Lipinski definition) is 4. The van der Waals surface area contributed by atoms with Gasteiger partial charge >= 0.3 is 0 Å². The van der Waals surface area contributed by atoms with Crippen LogP contribution in [0.1, 0.15) is 44.4 Å². The van der Waals surface area contributed by atoms with Crippen LogP contribution in [0, 0.1) is 6.92 Å². The Kier molecular flexibility index (Phi) is 11.8. The Balaban J connectivity index is 0.00000146. The molecule has 0 aromatic heterocycles. The number of benzene rings is 2. The quantitative estimate of drug-likeness (QED) is 0.663. The van der Waals surface area contributed by atoms with Gasteiger partial charge in [-0.2, -0.15) is 0 Å². The molecule has 0 saturated heterocycles. The maximum Gasteiger partial charge on any atom is 0.161 e. The van der Waals surface area contributed by atoms with E-state index in [9.17, 15) is 0 Å². The predicted octanol–water partition coefficient (Wildman–Crippen LogP) is 5.67. The number of methoxy groups -OCH3 is 4. The fraction of sp³-hybridized carbons (Fsp3) is 0.455. The van der Waals surface area contributed by atoms with Crippen LogP contribution in [-0.2, 0) is 6.42 Å². The van der Waals surface area contributed by atoms with Gasteiger partial charge in [-0.25, -0.2) is 0 Å². The molecule has 0 fully saturated rings. The van der Waals surface area contributed by atoms with Crippen molar-refractivity contribution in [2.45, 2.75) is 41.0 Å². The van der Waals surface area contributed by atoms with Gasteiger partial charge < -0.3 is 18.9 Å². The topological polar surface area (TPSA) is 36.9 Å². The zero-order valence-electron chi connectivity index (χ0n) is 17.7. The van der Waals surface area contributed by atoms with Crippen molar-refractivity contribution in [1.82, 2.24) is 0 Å². The molecule has 0 aliphatic heterocycles. The summed E-state index contributed by atoms with van der Waals surface area (Å²) < 4.78 is 21.3. The predicted molar refractivity (Wildman–Crippen MR) is 109 cm³/mol. The molecule has 4 nitrogen and oxygen atoms in total. The summed E-state index contributed by atoms with van der Waals surface area (Å²) in [6.07, 6.45) is 0.784. The fourth-order valence-corrected chi connectivity index (χ4v) is 2.42. The van der Waals surface area contributed by atoms with E-state index in [0.717, 1.165) is 40.5 Å². The highest BCUT2D eigenvalue weighted by Gasteiger charge is 2.11. The standard InChI is InChI=1S/C18H22O4.2C2H6/c1-12-8-16(20-3)18(22-5)11-14(12)9-13-6-7-15(19-2)17(10-13)21-4;2*1-2/h6-8,10-11H,9H2,1-5H3;2*1-2H3. The van der Waals surface area contributed by atoms with Gasteiger partial charge in [0.2, 0.25) is 0 Å². The molecule has 4 heteroatoms. The van der Waals surface area contributed by atoms with Crippen molar-refractivity contribution in [3.05, 3.63) is 47.0 Å². The van der Waals surface area contributed by atoms with Crippen molar-refractivity contribution in [3.8, 4) is 23.0 Å². The Bertz CT molecular complexity index is 651. The molecule has 0 bridgehead atoms. The summed E-state index contributed by atoms with van der Waals surface area (Å²) in [5.74, 6) is 2.95. The van der Waals surface area contributed by atoms with Gasteiger partial charge in [0.25, 0.3) is 0 Å². The second kappa shape index (κ2) is 12.9. The molecule has 26 heavy (non-hydrogen) atoms. The van der Waals surface area contributed by atoms with Gasteiger partial charge in [-0.15, -0.1) is 0 Å². The van der Waals surface area contributed by atoms with Crippen molar-refractivity contribution in [1.29, 1.82) is 0 Å². The van der Waals surface area contributed by atoms with Crippen molar-refractivity contribution < 1.29 is 18.9 Å². The molecule has 2 aromatic rings. The third-order valence-corrected chi connectivity index (χ3v) is 3.68. The molecule has 0 radical (unpaired) electrons. The van der Waals surface area contributed by atoms with E-state index in [1.807, 2.05) is 58.0 Å². The van der Waals surface area contributed by atoms with E-state index < -0.39 is 0 Å². The summed E-state index contributed by atoms with van der Waals surface area (Å²) in [7, 11) is 6.57. The second-order valence-corrected chi connectivity index (χ2v) is 5.00. The average molecular weight is 363 g/mol. The van der Waals surface area contributed by atoms with Gasteiger partial charge in [-0.1, -0.05) is 33.8 Å². The van der Waals surface area contributed by atoms with Crippen LogP contribution >= 0.6 is 0 Å². The van der Waals surface area contributed by atoms with E-state index in [0.29, 0.717) is 0 Å². The van der Waals surface area contributed by atoms with E-state index in [1.165, 1.54) is 5.56 Å². The van der Waals surface area contributed by atoms with Gasteiger partial charge in [0.05, 0.1) is 28.4 Å². The van der Waals surface area contributed by atoms with Crippen LogP contribution in [0.4, 0.5) is 0 Å². The van der Waals surface area contributed by atoms with E-state index in [2.05, 4.69) is 6.92 Å². The third kappa shape index (κ3) is 6.17. The summed E-state index contributed by atoms with van der Waals surface area (Å²) in [6, 6.07) is 9.97. The minimum Gasteiger partial charge on any atom is -0.493 e. The normalized spacial score (nSPS) is 9.12. The molecule has 2 rings (SSSR count). The molecule has 0 aliphatic rings. The lowest BCUT2D eigenvalue weighted by molar-refractivity contribution is 0.354. The molecule has 0 unspecified atom stereocenters. The summed E-state index contributed by atoms with van der Waals surface area (Å²) in [5, 5.41) is 0. The Labute approximate surface area is 159 Å². The SMILES string of the molecule is CC.CC.COc1ccc(Cc2cc(OC)c(OC)cc2C)cc1OC. The summed E-state index contributed by atoms with van der Waals surface area (Å²) in [4.78, 5) is 0. The monoisotopic (exact) mass is 362 g/mol. The number of aryl methyl sites for hydroxylation is 1. The van der Waals surface area contributed by atoms with Crippen LogP contribution in [0.3, 0.4) is 0 Å².